The van der Waals surface area contributed by atoms with Crippen molar-refractivity contribution in [3.63, 3.8) is 0 Å². The minimum absolute atomic E-state index is 0.0298. The highest BCUT2D eigenvalue weighted by Gasteiger charge is 2.36. The molecule has 1 aromatic carbocycles. The molecule has 26 heavy (non-hydrogen) atoms. The highest BCUT2D eigenvalue weighted by molar-refractivity contribution is 5.77. The summed E-state index contributed by atoms with van der Waals surface area (Å²) in [6.07, 6.45) is 0.788. The van der Waals surface area contributed by atoms with Crippen molar-refractivity contribution < 1.29 is 19.2 Å². The zero-order valence-corrected chi connectivity index (χ0v) is 15.4. The van der Waals surface area contributed by atoms with Gasteiger partial charge in [0.2, 0.25) is 5.89 Å². The summed E-state index contributed by atoms with van der Waals surface area (Å²) in [6, 6.07) is 5.74. The van der Waals surface area contributed by atoms with Crippen LogP contribution in [0.2, 0.25) is 0 Å². The molecule has 1 aliphatic rings. The second kappa shape index (κ2) is 7.86. The average Bonchev–Trinajstić information content (AvgIpc) is 3.20. The molecule has 0 aliphatic heterocycles. The Hall–Kier alpha value is -2.41. The first kappa shape index (κ1) is 18.4. The topological polar surface area (TPSA) is 97.5 Å². The maximum Gasteiger partial charge on any atom is 0.257 e. The van der Waals surface area contributed by atoms with Crippen molar-refractivity contribution in [1.82, 2.24) is 15.5 Å². The molecular formula is C19H25N3O4. The monoisotopic (exact) mass is 359 g/mol. The Bertz CT molecular complexity index is 774. The summed E-state index contributed by atoms with van der Waals surface area (Å²) in [4.78, 5) is 16.3. The molecule has 7 heteroatoms. The first-order chi connectivity index (χ1) is 12.4. The number of carbonyl (C=O) groups excluding carboxylic acids is 1. The van der Waals surface area contributed by atoms with Crippen molar-refractivity contribution in [3.05, 3.63) is 41.0 Å². The molecule has 0 unspecified atom stereocenters. The Balaban J connectivity index is 1.44. The van der Waals surface area contributed by atoms with Crippen LogP contribution in [0.25, 0.3) is 0 Å². The first-order valence-corrected chi connectivity index (χ1v) is 8.87. The summed E-state index contributed by atoms with van der Waals surface area (Å²) in [7, 11) is 0. The minimum atomic E-state index is -0.492. The van der Waals surface area contributed by atoms with Gasteiger partial charge in [-0.05, 0) is 56.9 Å². The Morgan fingerprint density at radius 3 is 2.81 bits per heavy atom. The van der Waals surface area contributed by atoms with Crippen LogP contribution in [0.15, 0.2) is 22.7 Å². The van der Waals surface area contributed by atoms with Gasteiger partial charge in [-0.25, -0.2) is 0 Å². The summed E-state index contributed by atoms with van der Waals surface area (Å²) < 4.78 is 10.7. The molecule has 2 N–H and O–H groups in total. The number of nitrogens with zero attached hydrogens (tertiary/aromatic N) is 2. The zero-order valence-electron chi connectivity index (χ0n) is 15.4. The lowest BCUT2D eigenvalue weighted by molar-refractivity contribution is -0.123. The van der Waals surface area contributed by atoms with E-state index in [9.17, 15) is 9.90 Å². The summed E-state index contributed by atoms with van der Waals surface area (Å²) in [6.45, 7) is 6.16. The fraction of sp³-hybridized carbons (Fsp3) is 0.526. The number of nitrogens with one attached hydrogen (secondary N) is 1. The predicted molar refractivity (Wildman–Crippen MR) is 94.9 cm³/mol. The van der Waals surface area contributed by atoms with Gasteiger partial charge in [0.05, 0.1) is 6.10 Å². The van der Waals surface area contributed by atoms with Crippen LogP contribution in [-0.4, -0.2) is 40.4 Å². The van der Waals surface area contributed by atoms with Gasteiger partial charge in [-0.15, -0.1) is 0 Å². The van der Waals surface area contributed by atoms with Crippen LogP contribution in [0.3, 0.4) is 0 Å². The van der Waals surface area contributed by atoms with Crippen LogP contribution in [0.4, 0.5) is 0 Å². The second-order valence-corrected chi connectivity index (χ2v) is 7.01. The quantitative estimate of drug-likeness (QED) is 0.819. The van der Waals surface area contributed by atoms with E-state index in [1.54, 1.807) is 6.92 Å². The molecule has 0 saturated heterocycles. The van der Waals surface area contributed by atoms with E-state index in [4.69, 9.17) is 9.26 Å². The number of rotatable bonds is 6. The highest BCUT2D eigenvalue weighted by atomic mass is 16.5. The van der Waals surface area contributed by atoms with Crippen LogP contribution in [-0.2, 0) is 4.79 Å². The molecule has 7 nitrogen and oxygen atoms in total. The summed E-state index contributed by atoms with van der Waals surface area (Å²) >= 11 is 0. The van der Waals surface area contributed by atoms with E-state index in [0.717, 1.165) is 5.56 Å². The molecule has 1 amide bonds. The fourth-order valence-electron chi connectivity index (χ4n) is 3.25. The lowest BCUT2D eigenvalue weighted by Crippen LogP contribution is -2.35. The third-order valence-corrected chi connectivity index (χ3v) is 4.96. The maximum atomic E-state index is 12.0. The molecule has 3 atom stereocenters. The van der Waals surface area contributed by atoms with Gasteiger partial charge in [-0.2, -0.15) is 4.98 Å². The van der Waals surface area contributed by atoms with Crippen LogP contribution >= 0.6 is 0 Å². The number of aliphatic hydroxyl groups is 1. The molecule has 0 radical (unpaired) electrons. The molecule has 140 valence electrons. The van der Waals surface area contributed by atoms with E-state index in [-0.39, 0.29) is 24.3 Å². The number of hydrogen-bond acceptors (Lipinski definition) is 6. The van der Waals surface area contributed by atoms with Gasteiger partial charge in [0.1, 0.15) is 5.75 Å². The van der Waals surface area contributed by atoms with Crippen LogP contribution in [0.1, 0.15) is 41.6 Å². The van der Waals surface area contributed by atoms with E-state index in [2.05, 4.69) is 15.5 Å². The van der Waals surface area contributed by atoms with E-state index in [1.807, 2.05) is 32.0 Å². The average molecular weight is 359 g/mol. The Labute approximate surface area is 152 Å². The van der Waals surface area contributed by atoms with Gasteiger partial charge in [0, 0.05) is 18.4 Å². The van der Waals surface area contributed by atoms with Gasteiger partial charge in [-0.1, -0.05) is 11.2 Å². The van der Waals surface area contributed by atoms with E-state index in [0.29, 0.717) is 36.9 Å². The van der Waals surface area contributed by atoms with Crippen molar-refractivity contribution in [1.29, 1.82) is 0 Å². The number of ether oxygens (including phenoxy) is 1. The SMILES string of the molecule is Cc1noc([C@H]2C[C@H](CNC(=O)COc3ccc(C)c(C)c3)[C@H](O)C2)n1. The lowest BCUT2D eigenvalue weighted by Gasteiger charge is -2.15. The number of amides is 1. The molecular weight excluding hydrogens is 334 g/mol. The number of hydrogen-bond donors (Lipinski definition) is 2. The predicted octanol–water partition coefficient (Wildman–Crippen LogP) is 2.04. The molecule has 1 heterocycles. The number of aromatic nitrogens is 2. The van der Waals surface area contributed by atoms with Crippen molar-refractivity contribution in [2.24, 2.45) is 5.92 Å². The number of aliphatic hydroxyl groups excluding tert-OH is 1. The Morgan fingerprint density at radius 2 is 2.12 bits per heavy atom. The van der Waals surface area contributed by atoms with Crippen LogP contribution in [0, 0.1) is 26.7 Å². The van der Waals surface area contributed by atoms with Gasteiger partial charge < -0.3 is 19.7 Å². The van der Waals surface area contributed by atoms with E-state index in [1.165, 1.54) is 5.56 Å². The molecule has 1 saturated carbocycles. The normalized spacial score (nSPS) is 22.4. The summed E-state index contributed by atoms with van der Waals surface area (Å²) in [5, 5.41) is 16.9. The smallest absolute Gasteiger partial charge is 0.257 e. The number of aryl methyl sites for hydroxylation is 3. The third kappa shape index (κ3) is 4.40. The van der Waals surface area contributed by atoms with Crippen molar-refractivity contribution in [3.8, 4) is 5.75 Å². The van der Waals surface area contributed by atoms with Crippen LogP contribution < -0.4 is 10.1 Å². The van der Waals surface area contributed by atoms with Crippen molar-refractivity contribution >= 4 is 5.91 Å². The van der Waals surface area contributed by atoms with Gasteiger partial charge in [-0.3, -0.25) is 4.79 Å². The first-order valence-electron chi connectivity index (χ1n) is 8.87. The summed E-state index contributed by atoms with van der Waals surface area (Å²) in [5.74, 6) is 1.64. The van der Waals surface area contributed by atoms with Crippen molar-refractivity contribution in [2.75, 3.05) is 13.2 Å². The van der Waals surface area contributed by atoms with Crippen molar-refractivity contribution in [2.45, 2.75) is 45.6 Å². The van der Waals surface area contributed by atoms with E-state index >= 15 is 0 Å². The second-order valence-electron chi connectivity index (χ2n) is 7.01. The van der Waals surface area contributed by atoms with Gasteiger partial charge in [0.15, 0.2) is 12.4 Å². The van der Waals surface area contributed by atoms with Gasteiger partial charge >= 0.3 is 0 Å². The standard InChI is InChI=1S/C19H25N3O4/c1-11-4-5-16(6-12(11)2)25-10-18(24)20-9-15-7-14(8-17(15)23)19-21-13(3)22-26-19/h4-6,14-15,17,23H,7-10H2,1-3H3,(H,20,24)/t14-,15+,17+/m0/s1. The maximum absolute atomic E-state index is 12.0. The number of benzene rings is 1. The van der Waals surface area contributed by atoms with Crippen LogP contribution in [0.5, 0.6) is 5.75 Å². The Kier molecular flexibility index (Phi) is 5.56. The number of carbonyl (C=O) groups is 1. The zero-order chi connectivity index (χ0) is 18.7. The Morgan fingerprint density at radius 1 is 1.31 bits per heavy atom. The molecule has 2 aromatic rings. The molecule has 1 aromatic heterocycles. The fourth-order valence-corrected chi connectivity index (χ4v) is 3.25. The molecule has 1 fully saturated rings. The minimum Gasteiger partial charge on any atom is -0.484 e. The third-order valence-electron chi connectivity index (χ3n) is 4.96. The molecule has 3 rings (SSSR count). The molecule has 0 bridgehead atoms. The molecule has 0 spiro atoms. The summed E-state index contributed by atoms with van der Waals surface area (Å²) in [5.41, 5.74) is 2.31. The molecule has 1 aliphatic carbocycles. The lowest BCUT2D eigenvalue weighted by atomic mass is 10.0. The highest BCUT2D eigenvalue weighted by Crippen LogP contribution is 2.37. The van der Waals surface area contributed by atoms with Gasteiger partial charge in [0.25, 0.3) is 5.91 Å². The largest absolute Gasteiger partial charge is 0.484 e. The van der Waals surface area contributed by atoms with E-state index < -0.39 is 6.10 Å².